The first-order valence-electron chi connectivity index (χ1n) is 4.70. The van der Waals surface area contributed by atoms with Gasteiger partial charge in [-0.1, -0.05) is 20.8 Å². The summed E-state index contributed by atoms with van der Waals surface area (Å²) < 4.78 is 1.97. The maximum absolute atomic E-state index is 5.49. The topological polar surface area (TPSA) is 43.8 Å². The summed E-state index contributed by atoms with van der Waals surface area (Å²) in [6, 6.07) is 2.13. The molecule has 13 heavy (non-hydrogen) atoms. The molecule has 0 radical (unpaired) electrons. The predicted molar refractivity (Wildman–Crippen MR) is 54.7 cm³/mol. The van der Waals surface area contributed by atoms with E-state index in [9.17, 15) is 0 Å². The van der Waals surface area contributed by atoms with Crippen LogP contribution in [0.1, 0.15) is 32.2 Å². The van der Waals surface area contributed by atoms with Crippen molar-refractivity contribution < 1.29 is 0 Å². The van der Waals surface area contributed by atoms with Crippen LogP contribution in [0.2, 0.25) is 0 Å². The van der Waals surface area contributed by atoms with Crippen LogP contribution >= 0.6 is 0 Å². The molecule has 0 saturated heterocycles. The third kappa shape index (κ3) is 2.31. The van der Waals surface area contributed by atoms with Crippen LogP contribution in [-0.2, 0) is 12.0 Å². The fourth-order valence-electron chi connectivity index (χ4n) is 1.23. The lowest BCUT2D eigenvalue weighted by atomic mass is 9.92. The number of nitrogens with zero attached hydrogens (tertiary/aromatic N) is 2. The van der Waals surface area contributed by atoms with Crippen molar-refractivity contribution in [3.8, 4) is 0 Å². The molecule has 1 heterocycles. The highest BCUT2D eigenvalue weighted by Gasteiger charge is 2.17. The molecule has 1 aromatic rings. The highest BCUT2D eigenvalue weighted by Crippen LogP contribution is 2.21. The number of rotatable bonds is 2. The molecule has 0 aromatic carbocycles. The highest BCUT2D eigenvalue weighted by atomic mass is 15.3. The van der Waals surface area contributed by atoms with E-state index in [1.54, 1.807) is 0 Å². The molecule has 2 N–H and O–H groups in total. The van der Waals surface area contributed by atoms with Crippen molar-refractivity contribution in [3.63, 3.8) is 0 Å². The van der Waals surface area contributed by atoms with Crippen LogP contribution in [-0.4, -0.2) is 16.3 Å². The van der Waals surface area contributed by atoms with Gasteiger partial charge in [0.15, 0.2) is 0 Å². The summed E-state index contributed by atoms with van der Waals surface area (Å²) in [6.45, 7) is 10.0. The van der Waals surface area contributed by atoms with Crippen LogP contribution in [0, 0.1) is 6.92 Å². The maximum Gasteiger partial charge on any atom is 0.0680 e. The molecular formula is C10H19N3. The Morgan fingerprint density at radius 3 is 2.46 bits per heavy atom. The van der Waals surface area contributed by atoms with Crippen LogP contribution < -0.4 is 5.73 Å². The Morgan fingerprint density at radius 2 is 2.08 bits per heavy atom. The van der Waals surface area contributed by atoms with E-state index in [2.05, 4.69) is 38.9 Å². The number of hydrogen-bond acceptors (Lipinski definition) is 2. The molecule has 0 unspecified atom stereocenters. The quantitative estimate of drug-likeness (QED) is 0.750. The van der Waals surface area contributed by atoms with Gasteiger partial charge < -0.3 is 5.73 Å². The lowest BCUT2D eigenvalue weighted by Gasteiger charge is -2.14. The Morgan fingerprint density at radius 1 is 1.46 bits per heavy atom. The molecule has 0 aliphatic heterocycles. The summed E-state index contributed by atoms with van der Waals surface area (Å²) in [4.78, 5) is 0. The van der Waals surface area contributed by atoms with Crippen molar-refractivity contribution in [2.75, 3.05) is 6.54 Å². The average molecular weight is 181 g/mol. The number of nitrogens with two attached hydrogens (primary N) is 1. The SMILES string of the molecule is Cc1cc(C(C)(C)C)nn1CCN. The van der Waals surface area contributed by atoms with Crippen LogP contribution in [0.4, 0.5) is 0 Å². The molecule has 0 atom stereocenters. The molecule has 0 saturated carbocycles. The second-order valence-corrected chi connectivity index (χ2v) is 4.43. The standard InChI is InChI=1S/C10H19N3/c1-8-7-9(10(2,3)4)12-13(8)6-5-11/h7H,5-6,11H2,1-4H3. The van der Waals surface area contributed by atoms with E-state index in [0.717, 1.165) is 12.2 Å². The van der Waals surface area contributed by atoms with Gasteiger partial charge in [-0.15, -0.1) is 0 Å². The second-order valence-electron chi connectivity index (χ2n) is 4.43. The van der Waals surface area contributed by atoms with Crippen molar-refractivity contribution in [2.45, 2.75) is 39.7 Å². The van der Waals surface area contributed by atoms with Gasteiger partial charge in [0.1, 0.15) is 0 Å². The summed E-state index contributed by atoms with van der Waals surface area (Å²) >= 11 is 0. The van der Waals surface area contributed by atoms with Gasteiger partial charge in [0.05, 0.1) is 12.2 Å². The summed E-state index contributed by atoms with van der Waals surface area (Å²) in [6.07, 6.45) is 0. The van der Waals surface area contributed by atoms with Gasteiger partial charge in [0, 0.05) is 17.7 Å². The van der Waals surface area contributed by atoms with Crippen molar-refractivity contribution in [1.29, 1.82) is 0 Å². The minimum atomic E-state index is 0.130. The number of hydrogen-bond donors (Lipinski definition) is 1. The van der Waals surface area contributed by atoms with Gasteiger partial charge in [-0.2, -0.15) is 5.10 Å². The molecule has 3 heteroatoms. The number of aromatic nitrogens is 2. The fourth-order valence-corrected chi connectivity index (χ4v) is 1.23. The first kappa shape index (κ1) is 10.3. The van der Waals surface area contributed by atoms with E-state index >= 15 is 0 Å². The van der Waals surface area contributed by atoms with Crippen LogP contribution in [0.5, 0.6) is 0 Å². The molecule has 74 valence electrons. The van der Waals surface area contributed by atoms with Gasteiger partial charge in [-0.05, 0) is 13.0 Å². The lowest BCUT2D eigenvalue weighted by molar-refractivity contribution is 0.531. The number of aryl methyl sites for hydroxylation is 1. The van der Waals surface area contributed by atoms with Crippen molar-refractivity contribution in [3.05, 3.63) is 17.5 Å². The van der Waals surface area contributed by atoms with Crippen LogP contribution in [0.25, 0.3) is 0 Å². The fraction of sp³-hybridized carbons (Fsp3) is 0.700. The molecule has 0 bridgehead atoms. The summed E-state index contributed by atoms with van der Waals surface area (Å²) in [5, 5.41) is 4.51. The van der Waals surface area contributed by atoms with Crippen molar-refractivity contribution in [1.82, 2.24) is 9.78 Å². The summed E-state index contributed by atoms with van der Waals surface area (Å²) in [5.41, 5.74) is 7.94. The van der Waals surface area contributed by atoms with E-state index in [-0.39, 0.29) is 5.41 Å². The molecule has 0 fully saturated rings. The van der Waals surface area contributed by atoms with Gasteiger partial charge in [0.2, 0.25) is 0 Å². The van der Waals surface area contributed by atoms with Crippen molar-refractivity contribution >= 4 is 0 Å². The van der Waals surface area contributed by atoms with E-state index in [1.807, 2.05) is 4.68 Å². The minimum Gasteiger partial charge on any atom is -0.329 e. The zero-order valence-electron chi connectivity index (χ0n) is 8.96. The first-order valence-corrected chi connectivity index (χ1v) is 4.70. The maximum atomic E-state index is 5.49. The molecular weight excluding hydrogens is 162 g/mol. The normalized spacial score (nSPS) is 12.1. The predicted octanol–water partition coefficient (Wildman–Crippen LogP) is 1.45. The Kier molecular flexibility index (Phi) is 2.76. The minimum absolute atomic E-state index is 0.130. The lowest BCUT2D eigenvalue weighted by Crippen LogP contribution is -2.15. The third-order valence-electron chi connectivity index (χ3n) is 2.09. The van der Waals surface area contributed by atoms with E-state index in [1.165, 1.54) is 5.69 Å². The monoisotopic (exact) mass is 181 g/mol. The molecule has 0 aliphatic carbocycles. The van der Waals surface area contributed by atoms with E-state index < -0.39 is 0 Å². The molecule has 0 aliphatic rings. The van der Waals surface area contributed by atoms with Crippen molar-refractivity contribution in [2.24, 2.45) is 5.73 Å². The zero-order chi connectivity index (χ0) is 10.1. The molecule has 1 aromatic heterocycles. The Bertz CT molecular complexity index is 281. The Balaban J connectivity index is 2.95. The molecule has 0 spiro atoms. The largest absolute Gasteiger partial charge is 0.329 e. The molecule has 3 nitrogen and oxygen atoms in total. The first-order chi connectivity index (χ1) is 5.95. The summed E-state index contributed by atoms with van der Waals surface area (Å²) in [5.74, 6) is 0. The second kappa shape index (κ2) is 3.50. The highest BCUT2D eigenvalue weighted by molar-refractivity contribution is 5.16. The average Bonchev–Trinajstić information content (AvgIpc) is 2.32. The van der Waals surface area contributed by atoms with Gasteiger partial charge >= 0.3 is 0 Å². The van der Waals surface area contributed by atoms with Gasteiger partial charge in [0.25, 0.3) is 0 Å². The smallest absolute Gasteiger partial charge is 0.0680 e. The van der Waals surface area contributed by atoms with Gasteiger partial charge in [-0.3, -0.25) is 4.68 Å². The molecule has 1 rings (SSSR count). The Labute approximate surface area is 79.9 Å². The molecule has 0 amide bonds. The van der Waals surface area contributed by atoms with E-state index in [0.29, 0.717) is 6.54 Å². The van der Waals surface area contributed by atoms with Gasteiger partial charge in [-0.25, -0.2) is 0 Å². The Hall–Kier alpha value is -0.830. The third-order valence-corrected chi connectivity index (χ3v) is 2.09. The van der Waals surface area contributed by atoms with Crippen LogP contribution in [0.3, 0.4) is 0 Å². The van der Waals surface area contributed by atoms with E-state index in [4.69, 9.17) is 5.73 Å². The zero-order valence-corrected chi connectivity index (χ0v) is 8.96. The van der Waals surface area contributed by atoms with Crippen LogP contribution in [0.15, 0.2) is 6.07 Å². The summed E-state index contributed by atoms with van der Waals surface area (Å²) in [7, 11) is 0.